The quantitative estimate of drug-likeness (QED) is 0.428. The van der Waals surface area contributed by atoms with Gasteiger partial charge in [0.1, 0.15) is 6.04 Å². The van der Waals surface area contributed by atoms with Crippen molar-refractivity contribution in [2.75, 3.05) is 18.0 Å². The van der Waals surface area contributed by atoms with Gasteiger partial charge in [-0.05, 0) is 61.1 Å². The second-order valence-electron chi connectivity index (χ2n) is 9.33. The summed E-state index contributed by atoms with van der Waals surface area (Å²) >= 11 is 0. The summed E-state index contributed by atoms with van der Waals surface area (Å²) in [6.45, 7) is 4.77. The Morgan fingerprint density at radius 2 is 1.70 bits per heavy atom. The number of benzene rings is 3. The van der Waals surface area contributed by atoms with E-state index in [-0.39, 0.29) is 23.1 Å². The molecule has 0 aromatic heterocycles. The van der Waals surface area contributed by atoms with Crippen molar-refractivity contribution in [2.24, 2.45) is 0 Å². The molecular weight excluding hydrogens is 486 g/mol. The second-order valence-corrected chi connectivity index (χ2v) is 11.0. The summed E-state index contributed by atoms with van der Waals surface area (Å²) in [5.74, 6) is -0.363. The van der Waals surface area contributed by atoms with Crippen molar-refractivity contribution in [1.82, 2.24) is 10.0 Å². The van der Waals surface area contributed by atoms with E-state index in [9.17, 15) is 18.0 Å². The van der Waals surface area contributed by atoms with Crippen molar-refractivity contribution in [3.05, 3.63) is 95.1 Å². The Labute approximate surface area is 218 Å². The molecule has 8 heteroatoms. The van der Waals surface area contributed by atoms with Gasteiger partial charge in [0.25, 0.3) is 0 Å². The van der Waals surface area contributed by atoms with E-state index in [2.05, 4.69) is 10.0 Å². The van der Waals surface area contributed by atoms with Crippen LogP contribution in [0.3, 0.4) is 0 Å². The van der Waals surface area contributed by atoms with Crippen LogP contribution >= 0.6 is 0 Å². The summed E-state index contributed by atoms with van der Waals surface area (Å²) in [6.07, 6.45) is 1.85. The number of carbonyl (C=O) groups is 2. The standard InChI is InChI=1S/C29H33N3O4S/c1-3-28(33)32-18-16-24-20-25(13-14-27(24)32)37(35,36)31-26(19-23-7-5-4-6-8-23)29(34)30-17-15-22-11-9-21(2)10-12-22/h4-14,20,26,31H,3,15-19H2,1-2H3,(H,30,34). The number of carbonyl (C=O) groups excluding carboxylic acids is 2. The first-order valence-corrected chi connectivity index (χ1v) is 14.1. The third-order valence-electron chi connectivity index (χ3n) is 6.59. The molecule has 3 aromatic carbocycles. The summed E-state index contributed by atoms with van der Waals surface area (Å²) in [5, 5.41) is 2.90. The Hall–Kier alpha value is -3.49. The molecule has 0 saturated carbocycles. The fourth-order valence-corrected chi connectivity index (χ4v) is 5.74. The lowest BCUT2D eigenvalue weighted by molar-refractivity contribution is -0.122. The molecule has 2 amide bonds. The van der Waals surface area contributed by atoms with Crippen molar-refractivity contribution >= 4 is 27.5 Å². The van der Waals surface area contributed by atoms with Crippen LogP contribution in [0.15, 0.2) is 77.7 Å². The first-order chi connectivity index (χ1) is 17.8. The maximum absolute atomic E-state index is 13.4. The highest BCUT2D eigenvalue weighted by atomic mass is 32.2. The highest BCUT2D eigenvalue weighted by molar-refractivity contribution is 7.89. The lowest BCUT2D eigenvalue weighted by Gasteiger charge is -2.20. The van der Waals surface area contributed by atoms with Crippen molar-refractivity contribution < 1.29 is 18.0 Å². The molecule has 4 rings (SSSR count). The van der Waals surface area contributed by atoms with Crippen LogP contribution in [-0.4, -0.2) is 39.4 Å². The summed E-state index contributed by atoms with van der Waals surface area (Å²) in [4.78, 5) is 27.1. The summed E-state index contributed by atoms with van der Waals surface area (Å²) in [5.41, 5.74) is 4.68. The first-order valence-electron chi connectivity index (χ1n) is 12.6. The molecule has 37 heavy (non-hydrogen) atoms. The Bertz CT molecular complexity index is 1360. The fourth-order valence-electron chi connectivity index (χ4n) is 4.50. The number of amides is 2. The van der Waals surface area contributed by atoms with Gasteiger partial charge in [0.15, 0.2) is 0 Å². The highest BCUT2D eigenvalue weighted by Crippen LogP contribution is 2.30. The minimum absolute atomic E-state index is 0.0118. The van der Waals surface area contributed by atoms with Crippen LogP contribution in [0.2, 0.25) is 0 Å². The van der Waals surface area contributed by atoms with E-state index in [0.717, 1.165) is 22.4 Å². The van der Waals surface area contributed by atoms with E-state index < -0.39 is 16.1 Å². The smallest absolute Gasteiger partial charge is 0.241 e. The van der Waals surface area contributed by atoms with E-state index in [1.54, 1.807) is 17.0 Å². The molecule has 1 atom stereocenters. The molecular formula is C29H33N3O4S. The van der Waals surface area contributed by atoms with Gasteiger partial charge in [-0.25, -0.2) is 8.42 Å². The van der Waals surface area contributed by atoms with Crippen molar-refractivity contribution in [1.29, 1.82) is 0 Å². The molecule has 0 saturated heterocycles. The summed E-state index contributed by atoms with van der Waals surface area (Å²) in [7, 11) is -3.99. The normalized spacial score (nSPS) is 13.7. The average molecular weight is 520 g/mol. The molecule has 194 valence electrons. The number of nitrogens with zero attached hydrogens (tertiary/aromatic N) is 1. The van der Waals surface area contributed by atoms with Gasteiger partial charge < -0.3 is 10.2 Å². The lowest BCUT2D eigenvalue weighted by atomic mass is 10.1. The highest BCUT2D eigenvalue weighted by Gasteiger charge is 2.29. The predicted molar refractivity (Wildman–Crippen MR) is 145 cm³/mol. The summed E-state index contributed by atoms with van der Waals surface area (Å²) in [6, 6.07) is 21.2. The minimum atomic E-state index is -3.99. The number of sulfonamides is 1. The van der Waals surface area contributed by atoms with Gasteiger partial charge >= 0.3 is 0 Å². The van der Waals surface area contributed by atoms with Gasteiger partial charge in [-0.2, -0.15) is 4.72 Å². The molecule has 1 unspecified atom stereocenters. The molecule has 0 radical (unpaired) electrons. The van der Waals surface area contributed by atoms with Crippen molar-refractivity contribution in [3.8, 4) is 0 Å². The largest absolute Gasteiger partial charge is 0.354 e. The van der Waals surface area contributed by atoms with Gasteiger partial charge in [0.2, 0.25) is 21.8 Å². The van der Waals surface area contributed by atoms with E-state index in [4.69, 9.17) is 0 Å². The predicted octanol–water partition coefficient (Wildman–Crippen LogP) is 3.54. The van der Waals surface area contributed by atoms with Crippen LogP contribution in [0.5, 0.6) is 0 Å². The van der Waals surface area contributed by atoms with Gasteiger partial charge in [-0.1, -0.05) is 67.1 Å². The van der Waals surface area contributed by atoms with E-state index in [0.29, 0.717) is 32.4 Å². The zero-order valence-corrected chi connectivity index (χ0v) is 22.1. The molecule has 1 heterocycles. The van der Waals surface area contributed by atoms with E-state index >= 15 is 0 Å². The number of nitrogens with one attached hydrogen (secondary N) is 2. The molecule has 0 aliphatic carbocycles. The number of hydrogen-bond donors (Lipinski definition) is 2. The third kappa shape index (κ3) is 6.64. The van der Waals surface area contributed by atoms with Crippen LogP contribution in [0, 0.1) is 6.92 Å². The number of anilines is 1. The zero-order valence-electron chi connectivity index (χ0n) is 21.2. The summed E-state index contributed by atoms with van der Waals surface area (Å²) < 4.78 is 29.4. The molecule has 1 aliphatic rings. The second kappa shape index (κ2) is 11.7. The van der Waals surface area contributed by atoms with Crippen LogP contribution < -0.4 is 14.9 Å². The SMILES string of the molecule is CCC(=O)N1CCc2cc(S(=O)(=O)NC(Cc3ccccc3)C(=O)NCCc3ccc(C)cc3)ccc21. The number of hydrogen-bond acceptors (Lipinski definition) is 4. The van der Waals surface area contributed by atoms with Crippen LogP contribution in [0.1, 0.15) is 35.6 Å². The van der Waals surface area contributed by atoms with Gasteiger partial charge in [0, 0.05) is 25.2 Å². The average Bonchev–Trinajstić information content (AvgIpc) is 3.33. The molecule has 3 aromatic rings. The number of aryl methyl sites for hydroxylation is 1. The third-order valence-corrected chi connectivity index (χ3v) is 8.06. The maximum atomic E-state index is 13.4. The Kier molecular flexibility index (Phi) is 8.41. The fraction of sp³-hybridized carbons (Fsp3) is 0.310. The first kappa shape index (κ1) is 26.6. The molecule has 1 aliphatic heterocycles. The Morgan fingerprint density at radius 1 is 0.973 bits per heavy atom. The van der Waals surface area contributed by atoms with E-state index in [1.165, 1.54) is 11.6 Å². The molecule has 0 fully saturated rings. The van der Waals surface area contributed by atoms with Gasteiger partial charge in [-0.3, -0.25) is 9.59 Å². The molecule has 7 nitrogen and oxygen atoms in total. The lowest BCUT2D eigenvalue weighted by Crippen LogP contribution is -2.48. The maximum Gasteiger partial charge on any atom is 0.241 e. The minimum Gasteiger partial charge on any atom is -0.354 e. The molecule has 2 N–H and O–H groups in total. The van der Waals surface area contributed by atoms with Gasteiger partial charge in [-0.15, -0.1) is 0 Å². The zero-order chi connectivity index (χ0) is 26.4. The van der Waals surface area contributed by atoms with Crippen molar-refractivity contribution in [3.63, 3.8) is 0 Å². The van der Waals surface area contributed by atoms with Crippen LogP contribution in [-0.2, 0) is 38.9 Å². The van der Waals surface area contributed by atoms with Gasteiger partial charge in [0.05, 0.1) is 4.90 Å². The van der Waals surface area contributed by atoms with Crippen LogP contribution in [0.4, 0.5) is 5.69 Å². The number of rotatable bonds is 10. The molecule has 0 spiro atoms. The Morgan fingerprint density at radius 3 is 2.41 bits per heavy atom. The monoisotopic (exact) mass is 519 g/mol. The van der Waals surface area contributed by atoms with Crippen LogP contribution in [0.25, 0.3) is 0 Å². The number of fused-ring (bicyclic) bond motifs is 1. The topological polar surface area (TPSA) is 95.6 Å². The molecule has 0 bridgehead atoms. The Balaban J connectivity index is 1.49. The van der Waals surface area contributed by atoms with Crippen molar-refractivity contribution in [2.45, 2.75) is 50.5 Å². The van der Waals surface area contributed by atoms with E-state index in [1.807, 2.05) is 68.4 Å².